The van der Waals surface area contributed by atoms with E-state index in [-0.39, 0.29) is 38.3 Å². The van der Waals surface area contributed by atoms with Crippen molar-refractivity contribution in [3.8, 4) is 0 Å². The Balaban J connectivity index is 1.65. The Morgan fingerprint density at radius 1 is 0.778 bits per heavy atom. The van der Waals surface area contributed by atoms with Crippen LogP contribution in [-0.4, -0.2) is 73.3 Å². The highest BCUT2D eigenvalue weighted by Gasteiger charge is 2.64. The van der Waals surface area contributed by atoms with E-state index in [9.17, 15) is 24.0 Å². The first-order valence-electron chi connectivity index (χ1n) is 15.3. The van der Waals surface area contributed by atoms with E-state index in [0.717, 1.165) is 21.2 Å². The van der Waals surface area contributed by atoms with Crippen LogP contribution in [0.1, 0.15) is 93.6 Å². The highest BCUT2D eigenvalue weighted by Crippen LogP contribution is 2.43. The van der Waals surface area contributed by atoms with E-state index in [1.54, 1.807) is 67.2 Å². The maximum Gasteiger partial charge on any atom is 0.425 e. The summed E-state index contributed by atoms with van der Waals surface area (Å²) in [7, 11) is 0. The topological polar surface area (TPSA) is 123 Å². The minimum Gasteiger partial charge on any atom is -0.444 e. The summed E-state index contributed by atoms with van der Waals surface area (Å²) in [5.41, 5.74) is -3.47. The van der Waals surface area contributed by atoms with Gasteiger partial charge in [0.15, 0.2) is 0 Å². The number of carbonyl (C=O) groups excluding carboxylic acids is 5. The Labute approximate surface area is 264 Å². The lowest BCUT2D eigenvalue weighted by Gasteiger charge is -2.43. The van der Waals surface area contributed by atoms with Crippen LogP contribution >= 0.6 is 0 Å². The van der Waals surface area contributed by atoms with Gasteiger partial charge >= 0.3 is 24.3 Å². The molecule has 1 spiro atoms. The molecule has 2 aromatic carbocycles. The smallest absolute Gasteiger partial charge is 0.425 e. The molecule has 0 atom stereocenters. The molecule has 1 saturated heterocycles. The third-order valence-electron chi connectivity index (χ3n) is 7.58. The van der Waals surface area contributed by atoms with Crippen molar-refractivity contribution >= 4 is 41.0 Å². The molecule has 0 N–H and O–H groups in total. The summed E-state index contributed by atoms with van der Waals surface area (Å²) in [6.45, 7) is 15.4. The Morgan fingerprint density at radius 2 is 1.31 bits per heavy atom. The Kier molecular flexibility index (Phi) is 8.98. The number of imide groups is 4. The zero-order valence-electron chi connectivity index (χ0n) is 27.8. The predicted octanol–water partition coefficient (Wildman–Crippen LogP) is 7.39. The number of amides is 6. The third kappa shape index (κ3) is 7.57. The lowest BCUT2D eigenvalue weighted by atomic mass is 9.77. The average Bonchev–Trinajstić information content (AvgIpc) is 3.10. The number of urea groups is 1. The minimum atomic E-state index is -1.67. The van der Waals surface area contributed by atoms with Crippen LogP contribution in [0.2, 0.25) is 0 Å². The van der Waals surface area contributed by atoms with Crippen LogP contribution < -0.4 is 0 Å². The molecule has 0 unspecified atom stereocenters. The maximum atomic E-state index is 14.0. The number of benzene rings is 2. The molecule has 0 radical (unpaired) electrons. The number of rotatable bonds is 3. The van der Waals surface area contributed by atoms with Crippen LogP contribution in [0.5, 0.6) is 0 Å². The van der Waals surface area contributed by atoms with E-state index in [0.29, 0.717) is 4.90 Å². The number of hydrogen-bond donors (Lipinski definition) is 0. The summed E-state index contributed by atoms with van der Waals surface area (Å²) < 4.78 is 16.7. The summed E-state index contributed by atoms with van der Waals surface area (Å²) in [5, 5.41) is 2.11. The first-order valence-corrected chi connectivity index (χ1v) is 15.3. The van der Waals surface area contributed by atoms with Gasteiger partial charge in [-0.15, -0.1) is 0 Å². The highest BCUT2D eigenvalue weighted by molar-refractivity contribution is 6.20. The van der Waals surface area contributed by atoms with E-state index < -0.39 is 52.6 Å². The van der Waals surface area contributed by atoms with Crippen LogP contribution in [-0.2, 0) is 25.5 Å². The van der Waals surface area contributed by atoms with Crippen LogP contribution in [0.4, 0.5) is 19.2 Å². The molecule has 1 aliphatic carbocycles. The van der Waals surface area contributed by atoms with Crippen molar-refractivity contribution in [1.82, 2.24) is 14.7 Å². The molecule has 0 aromatic heterocycles. The molecule has 11 heteroatoms. The van der Waals surface area contributed by atoms with E-state index in [2.05, 4.69) is 0 Å². The number of carbonyl (C=O) groups is 5. The molecular weight excluding hydrogens is 578 g/mol. The van der Waals surface area contributed by atoms with E-state index in [4.69, 9.17) is 14.2 Å². The van der Waals surface area contributed by atoms with Crippen LogP contribution in [0.25, 0.3) is 10.8 Å². The lowest BCUT2D eigenvalue weighted by molar-refractivity contribution is -0.134. The minimum absolute atomic E-state index is 0.0117. The largest absolute Gasteiger partial charge is 0.444 e. The number of hydrogen-bond acceptors (Lipinski definition) is 8. The van der Waals surface area contributed by atoms with Crippen molar-refractivity contribution in [2.24, 2.45) is 0 Å². The standard InChI is InChI=1S/C34H45N3O8/c1-31(2,3)43-28(40)35(21-22-14-15-23-12-10-11-13-24(23)20-22)25-16-18-34(19-17-25)26(38)36(29(41)44-32(4,5)6)27(39)37(34)30(42)45-33(7,8)9/h10-15,20,25H,16-19,21H2,1-9H3. The highest BCUT2D eigenvalue weighted by atomic mass is 16.6. The quantitative estimate of drug-likeness (QED) is 0.256. The maximum absolute atomic E-state index is 14.0. The van der Waals surface area contributed by atoms with Crippen LogP contribution in [0.3, 0.4) is 0 Å². The Morgan fingerprint density at radius 3 is 1.87 bits per heavy atom. The number of fused-ring (bicyclic) bond motifs is 1. The molecule has 4 rings (SSSR count). The van der Waals surface area contributed by atoms with E-state index in [1.165, 1.54) is 0 Å². The SMILES string of the molecule is CC(C)(C)OC(=O)N1C(=O)N(C(=O)OC(C)(C)C)C2(CCC(N(Cc3ccc4ccccc4c3)C(=O)OC(C)(C)C)CC2)C1=O. The fraction of sp³-hybridized carbons (Fsp3) is 0.559. The summed E-state index contributed by atoms with van der Waals surface area (Å²) in [4.78, 5) is 70.5. The van der Waals surface area contributed by atoms with Gasteiger partial charge in [-0.3, -0.25) is 4.79 Å². The monoisotopic (exact) mass is 623 g/mol. The Hall–Kier alpha value is -4.15. The van der Waals surface area contributed by atoms with Gasteiger partial charge in [-0.2, -0.15) is 4.90 Å². The second kappa shape index (κ2) is 12.0. The molecular formula is C34H45N3O8. The zero-order chi connectivity index (χ0) is 33.5. The second-order valence-corrected chi connectivity index (χ2v) is 14.8. The van der Waals surface area contributed by atoms with Crippen LogP contribution in [0.15, 0.2) is 42.5 Å². The third-order valence-corrected chi connectivity index (χ3v) is 7.58. The van der Waals surface area contributed by atoms with Crippen molar-refractivity contribution in [3.63, 3.8) is 0 Å². The first kappa shape index (κ1) is 33.7. The molecule has 2 aromatic rings. The van der Waals surface area contributed by atoms with Gasteiger partial charge in [0, 0.05) is 12.6 Å². The van der Waals surface area contributed by atoms with Crippen molar-refractivity contribution in [2.45, 2.75) is 123 Å². The van der Waals surface area contributed by atoms with Gasteiger partial charge in [-0.05, 0) is 110 Å². The predicted molar refractivity (Wildman–Crippen MR) is 167 cm³/mol. The second-order valence-electron chi connectivity index (χ2n) is 14.8. The molecule has 1 aliphatic heterocycles. The number of ether oxygens (including phenoxy) is 3. The van der Waals surface area contributed by atoms with E-state index in [1.807, 2.05) is 42.5 Å². The summed E-state index contributed by atoms with van der Waals surface area (Å²) in [6, 6.07) is 12.4. The van der Waals surface area contributed by atoms with Crippen molar-refractivity contribution in [1.29, 1.82) is 0 Å². The molecule has 1 saturated carbocycles. The van der Waals surface area contributed by atoms with Crippen molar-refractivity contribution < 1.29 is 38.2 Å². The summed E-state index contributed by atoms with van der Waals surface area (Å²) >= 11 is 0. The molecule has 2 fully saturated rings. The van der Waals surface area contributed by atoms with Gasteiger partial charge in [0.25, 0.3) is 5.91 Å². The van der Waals surface area contributed by atoms with Gasteiger partial charge < -0.3 is 19.1 Å². The first-order chi connectivity index (χ1) is 20.7. The van der Waals surface area contributed by atoms with Crippen LogP contribution in [0, 0.1) is 0 Å². The fourth-order valence-electron chi connectivity index (χ4n) is 5.73. The summed E-state index contributed by atoms with van der Waals surface area (Å²) in [6.07, 6.45) is -2.15. The van der Waals surface area contributed by atoms with Crippen molar-refractivity contribution in [2.75, 3.05) is 0 Å². The molecule has 0 bridgehead atoms. The van der Waals surface area contributed by atoms with Crippen molar-refractivity contribution in [3.05, 3.63) is 48.0 Å². The normalized spacial score (nSPS) is 20.9. The fourth-order valence-corrected chi connectivity index (χ4v) is 5.73. The van der Waals surface area contributed by atoms with Gasteiger partial charge in [0.2, 0.25) is 0 Å². The van der Waals surface area contributed by atoms with E-state index >= 15 is 0 Å². The lowest BCUT2D eigenvalue weighted by Crippen LogP contribution is -2.57. The van der Waals surface area contributed by atoms with Gasteiger partial charge in [0.05, 0.1) is 0 Å². The molecule has 45 heavy (non-hydrogen) atoms. The molecule has 244 valence electrons. The van der Waals surface area contributed by atoms with Gasteiger partial charge in [-0.1, -0.05) is 36.4 Å². The molecule has 1 heterocycles. The average molecular weight is 624 g/mol. The summed E-state index contributed by atoms with van der Waals surface area (Å²) in [5.74, 6) is -0.843. The van der Waals surface area contributed by atoms with Gasteiger partial charge in [-0.25, -0.2) is 24.1 Å². The zero-order valence-corrected chi connectivity index (χ0v) is 27.8. The molecule has 6 amide bonds. The molecule has 11 nitrogen and oxygen atoms in total. The number of nitrogens with zero attached hydrogens (tertiary/aromatic N) is 3. The Bertz CT molecular complexity index is 1490. The van der Waals surface area contributed by atoms with Gasteiger partial charge in [0.1, 0.15) is 22.3 Å². The molecule has 2 aliphatic rings.